The number of phenolic OH excluding ortho intramolecular Hbond substituents is 1. The number of rotatable bonds is 3. The van der Waals surface area contributed by atoms with Crippen molar-refractivity contribution < 1.29 is 14.6 Å². The summed E-state index contributed by atoms with van der Waals surface area (Å²) in [5.74, 6) is 0.219. The number of halogens is 1. The number of carbonyl (C=O) groups is 1. The van der Waals surface area contributed by atoms with Crippen LogP contribution in [0.5, 0.6) is 17.2 Å². The molecule has 92 valence electrons. The molecule has 2 aromatic rings. The monoisotopic (exact) mass is 263 g/mol. The normalized spacial score (nSPS) is 10.1. The van der Waals surface area contributed by atoms with Crippen LogP contribution in [0.4, 0.5) is 0 Å². The van der Waals surface area contributed by atoms with Gasteiger partial charge in [0.15, 0.2) is 0 Å². The van der Waals surface area contributed by atoms with Crippen LogP contribution in [0.15, 0.2) is 42.5 Å². The van der Waals surface area contributed by atoms with Gasteiger partial charge in [0.1, 0.15) is 22.8 Å². The summed E-state index contributed by atoms with van der Waals surface area (Å²) in [7, 11) is 0. The zero-order valence-electron chi connectivity index (χ0n) is 9.26. The highest BCUT2D eigenvalue weighted by Gasteiger charge is 2.14. The number of hydrogen-bond acceptors (Lipinski definition) is 3. The maximum absolute atomic E-state index is 11.3. The highest BCUT2D eigenvalue weighted by atomic mass is 35.5. The number of aromatic hydroxyl groups is 1. The number of nitrogens with two attached hydrogens (primary N) is 1. The Hall–Kier alpha value is -2.20. The van der Waals surface area contributed by atoms with Crippen molar-refractivity contribution in [3.05, 3.63) is 53.1 Å². The number of hydrogen-bond donors (Lipinski definition) is 2. The number of benzene rings is 2. The van der Waals surface area contributed by atoms with Gasteiger partial charge >= 0.3 is 0 Å². The molecule has 0 aromatic heterocycles. The van der Waals surface area contributed by atoms with Crippen LogP contribution in [0, 0.1) is 0 Å². The van der Waals surface area contributed by atoms with E-state index in [0.717, 1.165) is 0 Å². The molecular formula is C13H10ClNO3. The second-order valence-corrected chi connectivity index (χ2v) is 3.98. The molecule has 0 radical (unpaired) electrons. The van der Waals surface area contributed by atoms with Crippen molar-refractivity contribution in [1.29, 1.82) is 0 Å². The van der Waals surface area contributed by atoms with E-state index in [9.17, 15) is 4.79 Å². The van der Waals surface area contributed by atoms with Gasteiger partial charge in [-0.15, -0.1) is 0 Å². The first-order valence-corrected chi connectivity index (χ1v) is 5.51. The van der Waals surface area contributed by atoms with Gasteiger partial charge in [0, 0.05) is 0 Å². The molecule has 0 unspecified atom stereocenters. The highest BCUT2D eigenvalue weighted by molar-refractivity contribution is 6.34. The minimum atomic E-state index is -0.658. The largest absolute Gasteiger partial charge is 0.508 e. The lowest BCUT2D eigenvalue weighted by Crippen LogP contribution is -2.12. The minimum Gasteiger partial charge on any atom is -0.508 e. The first-order chi connectivity index (χ1) is 8.58. The third-order valence-electron chi connectivity index (χ3n) is 2.29. The Kier molecular flexibility index (Phi) is 3.39. The average molecular weight is 264 g/mol. The van der Waals surface area contributed by atoms with Crippen LogP contribution in [0.2, 0.25) is 5.02 Å². The first-order valence-electron chi connectivity index (χ1n) is 5.13. The number of primary amides is 1. The Bertz CT molecular complexity index is 581. The SMILES string of the molecule is NC(=O)c1c(Cl)cccc1Oc1ccc(O)cc1. The number of phenols is 1. The van der Waals surface area contributed by atoms with Crippen LogP contribution in [0.3, 0.4) is 0 Å². The molecular weight excluding hydrogens is 254 g/mol. The average Bonchev–Trinajstić information content (AvgIpc) is 2.32. The van der Waals surface area contributed by atoms with E-state index >= 15 is 0 Å². The van der Waals surface area contributed by atoms with Crippen molar-refractivity contribution in [1.82, 2.24) is 0 Å². The number of ether oxygens (including phenoxy) is 1. The number of carbonyl (C=O) groups excluding carboxylic acids is 1. The van der Waals surface area contributed by atoms with Crippen molar-refractivity contribution in [3.63, 3.8) is 0 Å². The third kappa shape index (κ3) is 2.55. The first kappa shape index (κ1) is 12.3. The van der Waals surface area contributed by atoms with Crippen molar-refractivity contribution >= 4 is 17.5 Å². The van der Waals surface area contributed by atoms with E-state index in [1.54, 1.807) is 30.3 Å². The lowest BCUT2D eigenvalue weighted by molar-refractivity contribution is 0.0998. The van der Waals surface area contributed by atoms with E-state index < -0.39 is 5.91 Å². The molecule has 0 aliphatic carbocycles. The van der Waals surface area contributed by atoms with Gasteiger partial charge < -0.3 is 15.6 Å². The van der Waals surface area contributed by atoms with E-state index in [1.165, 1.54) is 12.1 Å². The molecule has 0 aliphatic heterocycles. The van der Waals surface area contributed by atoms with Crippen molar-refractivity contribution in [2.75, 3.05) is 0 Å². The highest BCUT2D eigenvalue weighted by Crippen LogP contribution is 2.30. The fraction of sp³-hybridized carbons (Fsp3) is 0. The maximum Gasteiger partial charge on any atom is 0.254 e. The summed E-state index contributed by atoms with van der Waals surface area (Å²) in [6, 6.07) is 10.9. The molecule has 0 heterocycles. The standard InChI is InChI=1S/C13H10ClNO3/c14-10-2-1-3-11(12(10)13(15)17)18-9-6-4-8(16)5-7-9/h1-7,16H,(H2,15,17). The third-order valence-corrected chi connectivity index (χ3v) is 2.60. The molecule has 1 amide bonds. The molecule has 0 atom stereocenters. The molecule has 0 spiro atoms. The summed E-state index contributed by atoms with van der Waals surface area (Å²) in [4.78, 5) is 11.3. The Labute approximate surface area is 109 Å². The molecule has 3 N–H and O–H groups in total. The smallest absolute Gasteiger partial charge is 0.254 e. The van der Waals surface area contributed by atoms with Crippen LogP contribution in [0.25, 0.3) is 0 Å². The van der Waals surface area contributed by atoms with Crippen LogP contribution < -0.4 is 10.5 Å². The minimum absolute atomic E-state index is 0.128. The van der Waals surface area contributed by atoms with Crippen LogP contribution >= 0.6 is 11.6 Å². The molecule has 0 bridgehead atoms. The van der Waals surface area contributed by atoms with E-state index in [-0.39, 0.29) is 22.1 Å². The Morgan fingerprint density at radius 1 is 1.17 bits per heavy atom. The predicted octanol–water partition coefficient (Wildman–Crippen LogP) is 2.94. The van der Waals surface area contributed by atoms with E-state index in [2.05, 4.69) is 0 Å². The van der Waals surface area contributed by atoms with Crippen molar-refractivity contribution in [2.24, 2.45) is 5.73 Å². The summed E-state index contributed by atoms with van der Waals surface area (Å²) >= 11 is 5.90. The van der Waals surface area contributed by atoms with Crippen molar-refractivity contribution in [2.45, 2.75) is 0 Å². The second kappa shape index (κ2) is 4.98. The van der Waals surface area contributed by atoms with Crippen LogP contribution in [-0.2, 0) is 0 Å². The summed E-state index contributed by atoms with van der Waals surface area (Å²) in [6.07, 6.45) is 0. The summed E-state index contributed by atoms with van der Waals surface area (Å²) in [6.45, 7) is 0. The zero-order valence-corrected chi connectivity index (χ0v) is 10.0. The van der Waals surface area contributed by atoms with Crippen LogP contribution in [0.1, 0.15) is 10.4 Å². The van der Waals surface area contributed by atoms with E-state index in [1.807, 2.05) is 0 Å². The quantitative estimate of drug-likeness (QED) is 0.894. The van der Waals surface area contributed by atoms with Gasteiger partial charge in [-0.05, 0) is 36.4 Å². The van der Waals surface area contributed by atoms with Gasteiger partial charge in [-0.3, -0.25) is 4.79 Å². The number of amides is 1. The Morgan fingerprint density at radius 2 is 1.83 bits per heavy atom. The molecule has 5 heteroatoms. The molecule has 0 fully saturated rings. The van der Waals surface area contributed by atoms with Gasteiger partial charge in [-0.25, -0.2) is 0 Å². The Balaban J connectivity index is 2.37. The van der Waals surface area contributed by atoms with Gasteiger partial charge in [-0.2, -0.15) is 0 Å². The lowest BCUT2D eigenvalue weighted by atomic mass is 10.2. The molecule has 4 nitrogen and oxygen atoms in total. The Morgan fingerprint density at radius 3 is 2.44 bits per heavy atom. The molecule has 0 saturated carbocycles. The molecule has 0 saturated heterocycles. The fourth-order valence-corrected chi connectivity index (χ4v) is 1.73. The van der Waals surface area contributed by atoms with Gasteiger partial charge in [0.2, 0.25) is 0 Å². The van der Waals surface area contributed by atoms with Crippen molar-refractivity contribution in [3.8, 4) is 17.2 Å². The topological polar surface area (TPSA) is 72.6 Å². The maximum atomic E-state index is 11.3. The van der Waals surface area contributed by atoms with Gasteiger partial charge in [-0.1, -0.05) is 17.7 Å². The van der Waals surface area contributed by atoms with Gasteiger partial charge in [0.05, 0.1) is 5.02 Å². The fourth-order valence-electron chi connectivity index (χ4n) is 1.47. The summed E-state index contributed by atoms with van der Waals surface area (Å²) in [5, 5.41) is 9.39. The predicted molar refractivity (Wildman–Crippen MR) is 68.2 cm³/mol. The second-order valence-electron chi connectivity index (χ2n) is 3.57. The van der Waals surface area contributed by atoms with Crippen LogP contribution in [-0.4, -0.2) is 11.0 Å². The lowest BCUT2D eigenvalue weighted by Gasteiger charge is -2.10. The van der Waals surface area contributed by atoms with E-state index in [0.29, 0.717) is 5.75 Å². The van der Waals surface area contributed by atoms with E-state index in [4.69, 9.17) is 27.2 Å². The molecule has 2 aromatic carbocycles. The summed E-state index contributed by atoms with van der Waals surface area (Å²) in [5.41, 5.74) is 5.38. The molecule has 2 rings (SSSR count). The molecule has 18 heavy (non-hydrogen) atoms. The zero-order chi connectivity index (χ0) is 13.1. The molecule has 0 aliphatic rings. The summed E-state index contributed by atoms with van der Waals surface area (Å²) < 4.78 is 5.51. The van der Waals surface area contributed by atoms with Gasteiger partial charge in [0.25, 0.3) is 5.91 Å².